The van der Waals surface area contributed by atoms with Crippen LogP contribution in [0.5, 0.6) is 5.75 Å². The molecule has 3 aromatic rings. The normalized spacial score (nSPS) is 11.1. The van der Waals surface area contributed by atoms with Gasteiger partial charge in [-0.2, -0.15) is 5.10 Å². The third kappa shape index (κ3) is 5.92. The molecule has 0 radical (unpaired) electrons. The lowest BCUT2D eigenvalue weighted by Gasteiger charge is -2.04. The average Bonchev–Trinajstić information content (AvgIpc) is 3.20. The molecule has 1 heterocycles. The molecule has 29 heavy (non-hydrogen) atoms. The summed E-state index contributed by atoms with van der Waals surface area (Å²) in [5.74, 6) is -0.0714. The highest BCUT2D eigenvalue weighted by molar-refractivity contribution is 6.33. The van der Waals surface area contributed by atoms with Crippen LogP contribution in [-0.4, -0.2) is 18.1 Å². The van der Waals surface area contributed by atoms with Crippen LogP contribution in [0, 0.1) is 6.92 Å². The molecule has 146 valence electrons. The molecular formula is C22H17ClN2O4. The molecule has 0 saturated carbocycles. The summed E-state index contributed by atoms with van der Waals surface area (Å²) in [5, 5.41) is 4.28. The molecule has 0 saturated heterocycles. The van der Waals surface area contributed by atoms with Gasteiger partial charge in [0.05, 0.1) is 23.1 Å². The highest BCUT2D eigenvalue weighted by atomic mass is 35.5. The van der Waals surface area contributed by atoms with Crippen molar-refractivity contribution < 1.29 is 18.7 Å². The number of benzene rings is 2. The molecular weight excluding hydrogens is 392 g/mol. The first-order valence-corrected chi connectivity index (χ1v) is 9.02. The van der Waals surface area contributed by atoms with Gasteiger partial charge in [0.1, 0.15) is 11.5 Å². The first-order chi connectivity index (χ1) is 14.0. The van der Waals surface area contributed by atoms with Gasteiger partial charge in [-0.15, -0.1) is 0 Å². The lowest BCUT2D eigenvalue weighted by atomic mass is 10.1. The molecule has 0 fully saturated rings. The SMILES string of the molecule is Cc1ccc(C(=O)NN=Cc2cccc(OC(=O)C=Cc3ccco3)c2)c(Cl)c1. The van der Waals surface area contributed by atoms with E-state index in [0.717, 1.165) is 5.56 Å². The second-order valence-corrected chi connectivity index (χ2v) is 6.43. The Morgan fingerprint density at radius 3 is 2.76 bits per heavy atom. The fourth-order valence-corrected chi connectivity index (χ4v) is 2.70. The topological polar surface area (TPSA) is 80.9 Å². The summed E-state index contributed by atoms with van der Waals surface area (Å²) in [6.07, 6.45) is 5.74. The van der Waals surface area contributed by atoms with E-state index in [1.54, 1.807) is 54.6 Å². The van der Waals surface area contributed by atoms with Crippen molar-refractivity contribution in [1.29, 1.82) is 0 Å². The van der Waals surface area contributed by atoms with Crippen LogP contribution in [0.2, 0.25) is 5.02 Å². The number of nitrogens with one attached hydrogen (secondary N) is 1. The van der Waals surface area contributed by atoms with Crippen LogP contribution < -0.4 is 10.2 Å². The number of hydrogen-bond donors (Lipinski definition) is 1. The van der Waals surface area contributed by atoms with Crippen molar-refractivity contribution in [3.63, 3.8) is 0 Å². The zero-order chi connectivity index (χ0) is 20.6. The molecule has 0 aliphatic rings. The summed E-state index contributed by atoms with van der Waals surface area (Å²) >= 11 is 6.08. The van der Waals surface area contributed by atoms with Gasteiger partial charge in [0.25, 0.3) is 5.91 Å². The zero-order valence-corrected chi connectivity index (χ0v) is 16.2. The van der Waals surface area contributed by atoms with Gasteiger partial charge in [-0.25, -0.2) is 10.2 Å². The summed E-state index contributed by atoms with van der Waals surface area (Å²) in [7, 11) is 0. The molecule has 0 aliphatic carbocycles. The minimum Gasteiger partial charge on any atom is -0.465 e. The third-order valence-corrected chi connectivity index (χ3v) is 4.07. The fourth-order valence-electron chi connectivity index (χ4n) is 2.37. The fraction of sp³-hybridized carbons (Fsp3) is 0.0455. The van der Waals surface area contributed by atoms with Crippen LogP contribution in [-0.2, 0) is 4.79 Å². The average molecular weight is 409 g/mol. The van der Waals surface area contributed by atoms with Gasteiger partial charge >= 0.3 is 5.97 Å². The Morgan fingerprint density at radius 1 is 1.14 bits per heavy atom. The quantitative estimate of drug-likeness (QED) is 0.212. The Balaban J connectivity index is 1.59. The number of amides is 1. The molecule has 0 unspecified atom stereocenters. The molecule has 3 rings (SSSR count). The molecule has 1 aromatic heterocycles. The Bertz CT molecular complexity index is 1070. The van der Waals surface area contributed by atoms with E-state index in [9.17, 15) is 9.59 Å². The number of hydrogen-bond acceptors (Lipinski definition) is 5. The molecule has 0 bridgehead atoms. The summed E-state index contributed by atoms with van der Waals surface area (Å²) in [5.41, 5.74) is 4.35. The molecule has 0 atom stereocenters. The van der Waals surface area contributed by atoms with Crippen molar-refractivity contribution in [3.05, 3.63) is 94.4 Å². The maximum atomic E-state index is 12.2. The predicted molar refractivity (Wildman–Crippen MR) is 111 cm³/mol. The molecule has 7 heteroatoms. The van der Waals surface area contributed by atoms with Crippen molar-refractivity contribution in [1.82, 2.24) is 5.43 Å². The lowest BCUT2D eigenvalue weighted by Crippen LogP contribution is -2.18. The number of nitrogens with zero attached hydrogens (tertiary/aromatic N) is 1. The number of furan rings is 1. The van der Waals surface area contributed by atoms with E-state index in [1.165, 1.54) is 24.6 Å². The van der Waals surface area contributed by atoms with E-state index < -0.39 is 11.9 Å². The number of ether oxygens (including phenoxy) is 1. The first kappa shape index (κ1) is 20.1. The predicted octanol–water partition coefficient (Wildman–Crippen LogP) is 4.62. The van der Waals surface area contributed by atoms with E-state index in [-0.39, 0.29) is 0 Å². The Kier molecular flexibility index (Phi) is 6.60. The minimum atomic E-state index is -0.544. The molecule has 6 nitrogen and oxygen atoms in total. The number of esters is 1. The summed E-state index contributed by atoms with van der Waals surface area (Å²) in [6, 6.07) is 15.3. The van der Waals surface area contributed by atoms with Crippen molar-refractivity contribution in [3.8, 4) is 5.75 Å². The molecule has 1 amide bonds. The highest BCUT2D eigenvalue weighted by Crippen LogP contribution is 2.17. The van der Waals surface area contributed by atoms with Gasteiger partial charge in [0.2, 0.25) is 0 Å². The number of rotatable bonds is 6. The molecule has 2 aromatic carbocycles. The van der Waals surface area contributed by atoms with E-state index in [1.807, 2.05) is 6.92 Å². The zero-order valence-electron chi connectivity index (χ0n) is 15.5. The van der Waals surface area contributed by atoms with E-state index in [0.29, 0.717) is 27.7 Å². The Morgan fingerprint density at radius 2 is 2.00 bits per heavy atom. The largest absolute Gasteiger partial charge is 0.465 e. The van der Waals surface area contributed by atoms with Gasteiger partial charge in [-0.3, -0.25) is 4.79 Å². The van der Waals surface area contributed by atoms with Crippen molar-refractivity contribution in [2.24, 2.45) is 5.10 Å². The van der Waals surface area contributed by atoms with E-state index in [4.69, 9.17) is 20.8 Å². The molecule has 1 N–H and O–H groups in total. The monoisotopic (exact) mass is 408 g/mol. The van der Waals surface area contributed by atoms with Crippen molar-refractivity contribution in [2.75, 3.05) is 0 Å². The lowest BCUT2D eigenvalue weighted by molar-refractivity contribution is -0.128. The van der Waals surface area contributed by atoms with E-state index >= 15 is 0 Å². The van der Waals surface area contributed by atoms with Crippen LogP contribution in [0.4, 0.5) is 0 Å². The summed E-state index contributed by atoms with van der Waals surface area (Å²) in [6.45, 7) is 1.89. The Labute approximate surface area is 172 Å². The van der Waals surface area contributed by atoms with Crippen molar-refractivity contribution in [2.45, 2.75) is 6.92 Å². The first-order valence-electron chi connectivity index (χ1n) is 8.64. The maximum Gasteiger partial charge on any atom is 0.336 e. The van der Waals surface area contributed by atoms with Gasteiger partial charge in [-0.05, 0) is 60.5 Å². The number of hydrazone groups is 1. The highest BCUT2D eigenvalue weighted by Gasteiger charge is 2.09. The summed E-state index contributed by atoms with van der Waals surface area (Å²) < 4.78 is 10.4. The van der Waals surface area contributed by atoms with Gasteiger partial charge in [0.15, 0.2) is 0 Å². The number of carbonyl (C=O) groups excluding carboxylic acids is 2. The van der Waals surface area contributed by atoms with E-state index in [2.05, 4.69) is 10.5 Å². The maximum absolute atomic E-state index is 12.2. The van der Waals surface area contributed by atoms with Gasteiger partial charge in [0, 0.05) is 6.08 Å². The van der Waals surface area contributed by atoms with Crippen LogP contribution >= 0.6 is 11.6 Å². The standard InChI is InChI=1S/C22H17ClN2O4/c1-15-7-9-19(20(23)12-15)22(27)25-24-14-16-4-2-5-18(13-16)29-21(26)10-8-17-6-3-11-28-17/h2-14H,1H3,(H,25,27). The minimum absolute atomic E-state index is 0.334. The van der Waals surface area contributed by atoms with Crippen LogP contribution in [0.15, 0.2) is 76.5 Å². The second-order valence-electron chi connectivity index (χ2n) is 6.02. The number of halogens is 1. The van der Waals surface area contributed by atoms with Crippen molar-refractivity contribution >= 4 is 35.8 Å². The van der Waals surface area contributed by atoms with Crippen LogP contribution in [0.25, 0.3) is 6.08 Å². The van der Waals surface area contributed by atoms with Gasteiger partial charge < -0.3 is 9.15 Å². The second kappa shape index (κ2) is 9.52. The number of aryl methyl sites for hydroxylation is 1. The smallest absolute Gasteiger partial charge is 0.336 e. The molecule has 0 aliphatic heterocycles. The molecule has 0 spiro atoms. The van der Waals surface area contributed by atoms with Crippen LogP contribution in [0.3, 0.4) is 0 Å². The Hall–Kier alpha value is -3.64. The van der Waals surface area contributed by atoms with Gasteiger partial charge in [-0.1, -0.05) is 29.8 Å². The third-order valence-electron chi connectivity index (χ3n) is 3.75. The van der Waals surface area contributed by atoms with Crippen LogP contribution in [0.1, 0.15) is 27.2 Å². The summed E-state index contributed by atoms with van der Waals surface area (Å²) in [4.78, 5) is 24.0. The number of carbonyl (C=O) groups is 2.